The first kappa shape index (κ1) is 15.6. The summed E-state index contributed by atoms with van der Waals surface area (Å²) in [5.74, 6) is -0.857. The van der Waals surface area contributed by atoms with Crippen LogP contribution in [0.3, 0.4) is 0 Å². The standard InChI is InChI=1S/C13H15N3O3S2/c1-7-12(8(2)16(3)15-7)14-11(17)6-20-9-4-10(13(18)19)21-5-9/h4-5H,6H2,1-3H3,(H,14,17)(H,18,19). The number of aromatic nitrogens is 2. The molecular weight excluding hydrogens is 310 g/mol. The molecule has 0 atom stereocenters. The van der Waals surface area contributed by atoms with E-state index in [-0.39, 0.29) is 16.5 Å². The van der Waals surface area contributed by atoms with Crippen LogP contribution >= 0.6 is 23.1 Å². The summed E-state index contributed by atoms with van der Waals surface area (Å²) in [6.45, 7) is 3.73. The fourth-order valence-electron chi connectivity index (χ4n) is 1.79. The van der Waals surface area contributed by atoms with Gasteiger partial charge in [-0.15, -0.1) is 23.1 Å². The number of carboxylic acid groups (broad SMARTS) is 1. The van der Waals surface area contributed by atoms with Crippen molar-refractivity contribution in [3.05, 3.63) is 27.7 Å². The Labute approximate surface area is 130 Å². The molecule has 0 aliphatic heterocycles. The molecule has 2 aromatic heterocycles. The molecule has 2 rings (SSSR count). The molecule has 21 heavy (non-hydrogen) atoms. The zero-order chi connectivity index (χ0) is 15.6. The van der Waals surface area contributed by atoms with Crippen molar-refractivity contribution >= 4 is 40.7 Å². The van der Waals surface area contributed by atoms with Crippen molar-refractivity contribution in [2.75, 3.05) is 11.1 Å². The summed E-state index contributed by atoms with van der Waals surface area (Å²) in [7, 11) is 1.82. The fraction of sp³-hybridized carbons (Fsp3) is 0.308. The van der Waals surface area contributed by atoms with Crippen molar-refractivity contribution in [1.82, 2.24) is 9.78 Å². The molecule has 0 fully saturated rings. The Morgan fingerprint density at radius 1 is 1.48 bits per heavy atom. The van der Waals surface area contributed by atoms with Gasteiger partial charge < -0.3 is 10.4 Å². The number of carbonyl (C=O) groups excluding carboxylic acids is 1. The molecule has 6 nitrogen and oxygen atoms in total. The van der Waals surface area contributed by atoms with E-state index < -0.39 is 5.97 Å². The lowest BCUT2D eigenvalue weighted by Crippen LogP contribution is -2.15. The maximum absolute atomic E-state index is 12.0. The lowest BCUT2D eigenvalue weighted by Gasteiger charge is -2.05. The van der Waals surface area contributed by atoms with Gasteiger partial charge in [0.25, 0.3) is 0 Å². The summed E-state index contributed by atoms with van der Waals surface area (Å²) >= 11 is 2.47. The van der Waals surface area contributed by atoms with E-state index >= 15 is 0 Å². The number of rotatable bonds is 5. The van der Waals surface area contributed by atoms with Gasteiger partial charge in [-0.05, 0) is 19.9 Å². The Morgan fingerprint density at radius 2 is 2.19 bits per heavy atom. The number of carboxylic acids is 1. The van der Waals surface area contributed by atoms with E-state index in [1.807, 2.05) is 20.9 Å². The second kappa shape index (κ2) is 6.31. The van der Waals surface area contributed by atoms with Crippen LogP contribution in [0.15, 0.2) is 16.3 Å². The largest absolute Gasteiger partial charge is 0.477 e. The van der Waals surface area contributed by atoms with Crippen molar-refractivity contribution in [3.8, 4) is 0 Å². The number of nitrogens with one attached hydrogen (secondary N) is 1. The minimum atomic E-state index is -0.946. The summed E-state index contributed by atoms with van der Waals surface area (Å²) in [5.41, 5.74) is 2.41. The van der Waals surface area contributed by atoms with Crippen LogP contribution < -0.4 is 5.32 Å². The molecule has 0 saturated carbocycles. The van der Waals surface area contributed by atoms with Crippen molar-refractivity contribution in [1.29, 1.82) is 0 Å². The molecule has 2 N–H and O–H groups in total. The van der Waals surface area contributed by atoms with Crippen LogP contribution in [-0.2, 0) is 11.8 Å². The molecule has 0 aromatic carbocycles. The highest BCUT2D eigenvalue weighted by atomic mass is 32.2. The molecule has 0 aliphatic rings. The van der Waals surface area contributed by atoms with E-state index in [9.17, 15) is 9.59 Å². The van der Waals surface area contributed by atoms with E-state index in [0.29, 0.717) is 0 Å². The Bertz CT molecular complexity index is 691. The van der Waals surface area contributed by atoms with Gasteiger partial charge in [0, 0.05) is 17.3 Å². The molecule has 0 radical (unpaired) electrons. The van der Waals surface area contributed by atoms with Gasteiger partial charge in [0.2, 0.25) is 5.91 Å². The Balaban J connectivity index is 1.94. The predicted molar refractivity (Wildman–Crippen MR) is 83.3 cm³/mol. The molecule has 0 aliphatic carbocycles. The van der Waals surface area contributed by atoms with Crippen LogP contribution in [0.5, 0.6) is 0 Å². The van der Waals surface area contributed by atoms with E-state index in [4.69, 9.17) is 5.11 Å². The zero-order valence-corrected chi connectivity index (χ0v) is 13.5. The number of hydrogen-bond acceptors (Lipinski definition) is 5. The number of nitrogens with zero attached hydrogens (tertiary/aromatic N) is 2. The third-order valence-electron chi connectivity index (χ3n) is 2.93. The first-order valence-electron chi connectivity index (χ1n) is 6.13. The predicted octanol–water partition coefficient (Wildman–Crippen LogP) is 2.53. The number of anilines is 1. The lowest BCUT2D eigenvalue weighted by molar-refractivity contribution is -0.113. The Morgan fingerprint density at radius 3 is 2.71 bits per heavy atom. The van der Waals surface area contributed by atoms with Gasteiger partial charge in [0.1, 0.15) is 4.88 Å². The zero-order valence-electron chi connectivity index (χ0n) is 11.8. The number of hydrogen-bond donors (Lipinski definition) is 2. The molecule has 0 unspecified atom stereocenters. The molecule has 0 bridgehead atoms. The molecule has 8 heteroatoms. The van der Waals surface area contributed by atoms with E-state index in [1.165, 1.54) is 11.8 Å². The normalized spacial score (nSPS) is 10.6. The van der Waals surface area contributed by atoms with Crippen molar-refractivity contribution in [2.45, 2.75) is 18.7 Å². The molecule has 112 valence electrons. The number of carbonyl (C=O) groups is 2. The number of aryl methyl sites for hydroxylation is 2. The fourth-order valence-corrected chi connectivity index (χ4v) is 3.45. The van der Waals surface area contributed by atoms with Crippen molar-refractivity contribution in [3.63, 3.8) is 0 Å². The lowest BCUT2D eigenvalue weighted by atomic mass is 10.3. The maximum atomic E-state index is 12.0. The molecule has 0 saturated heterocycles. The number of thioether (sulfide) groups is 1. The van der Waals surface area contributed by atoms with Crippen LogP contribution in [0.2, 0.25) is 0 Å². The second-order valence-electron chi connectivity index (χ2n) is 4.46. The van der Waals surface area contributed by atoms with E-state index in [1.54, 1.807) is 16.1 Å². The van der Waals surface area contributed by atoms with Gasteiger partial charge >= 0.3 is 5.97 Å². The van der Waals surface area contributed by atoms with Gasteiger partial charge in [-0.2, -0.15) is 5.10 Å². The summed E-state index contributed by atoms with van der Waals surface area (Å²) < 4.78 is 1.72. The first-order valence-corrected chi connectivity index (χ1v) is 7.99. The Kier molecular flexibility index (Phi) is 4.69. The monoisotopic (exact) mass is 325 g/mol. The topological polar surface area (TPSA) is 84.2 Å². The first-order chi connectivity index (χ1) is 9.88. The molecule has 2 aromatic rings. The van der Waals surface area contributed by atoms with Gasteiger partial charge in [-0.3, -0.25) is 9.48 Å². The van der Waals surface area contributed by atoms with Crippen molar-refractivity contribution < 1.29 is 14.7 Å². The summed E-state index contributed by atoms with van der Waals surface area (Å²) in [4.78, 5) is 23.8. The third-order valence-corrected chi connectivity index (χ3v) is 4.97. The highest BCUT2D eigenvalue weighted by Gasteiger charge is 2.13. The SMILES string of the molecule is Cc1nn(C)c(C)c1NC(=O)CSc1csc(C(=O)O)c1. The van der Waals surface area contributed by atoms with Crippen molar-refractivity contribution in [2.24, 2.45) is 7.05 Å². The second-order valence-corrected chi connectivity index (χ2v) is 6.42. The number of thiophene rings is 1. The minimum absolute atomic E-state index is 0.137. The van der Waals surface area contributed by atoms with E-state index in [2.05, 4.69) is 10.4 Å². The maximum Gasteiger partial charge on any atom is 0.345 e. The summed E-state index contributed by atoms with van der Waals surface area (Å²) in [6.07, 6.45) is 0. The minimum Gasteiger partial charge on any atom is -0.477 e. The average Bonchev–Trinajstić information content (AvgIpc) is 2.98. The molecule has 0 spiro atoms. The van der Waals surface area contributed by atoms with Crippen LogP contribution in [0.4, 0.5) is 5.69 Å². The smallest absolute Gasteiger partial charge is 0.345 e. The molecule has 2 heterocycles. The molecule has 1 amide bonds. The average molecular weight is 325 g/mol. The van der Waals surface area contributed by atoms with Gasteiger partial charge in [-0.25, -0.2) is 4.79 Å². The highest BCUT2D eigenvalue weighted by Crippen LogP contribution is 2.25. The van der Waals surface area contributed by atoms with Crippen LogP contribution in [0.1, 0.15) is 21.1 Å². The third kappa shape index (κ3) is 3.64. The Hall–Kier alpha value is -1.80. The van der Waals surface area contributed by atoms with E-state index in [0.717, 1.165) is 33.3 Å². The van der Waals surface area contributed by atoms with Crippen LogP contribution in [0.25, 0.3) is 0 Å². The van der Waals surface area contributed by atoms with Gasteiger partial charge in [0.05, 0.1) is 22.8 Å². The number of aromatic carboxylic acids is 1. The van der Waals surface area contributed by atoms with Gasteiger partial charge in [0.15, 0.2) is 0 Å². The quantitative estimate of drug-likeness (QED) is 0.825. The molecular formula is C13H15N3O3S2. The van der Waals surface area contributed by atoms with Crippen LogP contribution in [0, 0.1) is 13.8 Å². The summed E-state index contributed by atoms with van der Waals surface area (Å²) in [5, 5.41) is 17.7. The number of amides is 1. The van der Waals surface area contributed by atoms with Gasteiger partial charge in [-0.1, -0.05) is 0 Å². The highest BCUT2D eigenvalue weighted by molar-refractivity contribution is 8.00. The summed E-state index contributed by atoms with van der Waals surface area (Å²) in [6, 6.07) is 1.57. The van der Waals surface area contributed by atoms with Crippen LogP contribution in [-0.4, -0.2) is 32.5 Å².